The predicted octanol–water partition coefficient (Wildman–Crippen LogP) is 2.61. The lowest BCUT2D eigenvalue weighted by Crippen LogP contribution is -2.13. The first-order valence-electron chi connectivity index (χ1n) is 5.17. The van der Waals surface area contributed by atoms with Crippen molar-refractivity contribution < 1.29 is 14.5 Å². The Hall–Kier alpha value is -1.62. The molecule has 90 valence electrons. The van der Waals surface area contributed by atoms with Crippen molar-refractivity contribution in [1.29, 1.82) is 0 Å². The van der Waals surface area contributed by atoms with E-state index in [4.69, 9.17) is 16.3 Å². The van der Waals surface area contributed by atoms with Gasteiger partial charge >= 0.3 is 5.69 Å². The lowest BCUT2D eigenvalue weighted by molar-refractivity contribution is -0.385. The van der Waals surface area contributed by atoms with Crippen molar-refractivity contribution >= 4 is 23.1 Å². The van der Waals surface area contributed by atoms with Crippen LogP contribution < -0.4 is 4.74 Å². The Morgan fingerprint density at radius 1 is 1.53 bits per heavy atom. The van der Waals surface area contributed by atoms with Crippen LogP contribution >= 0.6 is 11.6 Å². The molecule has 0 saturated heterocycles. The molecule has 6 heteroatoms. The van der Waals surface area contributed by atoms with Gasteiger partial charge < -0.3 is 4.74 Å². The van der Waals surface area contributed by atoms with E-state index in [0.717, 1.165) is 12.8 Å². The Bertz CT molecular complexity index is 471. The van der Waals surface area contributed by atoms with Gasteiger partial charge in [0.1, 0.15) is 6.61 Å². The highest BCUT2D eigenvalue weighted by molar-refractivity contribution is 6.30. The summed E-state index contributed by atoms with van der Waals surface area (Å²) in [5.74, 6) is 0.156. The van der Waals surface area contributed by atoms with E-state index < -0.39 is 4.92 Å². The molecule has 0 aromatic heterocycles. The van der Waals surface area contributed by atoms with Gasteiger partial charge in [0, 0.05) is 17.0 Å². The largest absolute Gasteiger partial charge is 0.479 e. The van der Waals surface area contributed by atoms with E-state index in [2.05, 4.69) is 0 Å². The zero-order valence-corrected chi connectivity index (χ0v) is 9.64. The minimum absolute atomic E-state index is 0.00533. The number of Topliss-reactive ketones (excluding diaryl/α,β-unsaturated/α-hetero) is 1. The fourth-order valence-corrected chi connectivity index (χ4v) is 1.59. The Morgan fingerprint density at radius 2 is 2.24 bits per heavy atom. The first kappa shape index (κ1) is 11.9. The molecule has 1 aliphatic rings. The molecular formula is C11H10ClNO4. The number of ketones is 1. The van der Waals surface area contributed by atoms with Crippen LogP contribution in [0.4, 0.5) is 5.69 Å². The maximum atomic E-state index is 11.4. The first-order chi connectivity index (χ1) is 8.08. The van der Waals surface area contributed by atoms with Crippen molar-refractivity contribution in [2.75, 3.05) is 6.61 Å². The average molecular weight is 256 g/mol. The lowest BCUT2D eigenvalue weighted by Gasteiger charge is -2.05. The van der Waals surface area contributed by atoms with Crippen LogP contribution in [0.25, 0.3) is 0 Å². The summed E-state index contributed by atoms with van der Waals surface area (Å²) in [4.78, 5) is 21.6. The summed E-state index contributed by atoms with van der Waals surface area (Å²) in [5.41, 5.74) is -0.221. The molecule has 17 heavy (non-hydrogen) atoms. The number of carbonyl (C=O) groups is 1. The van der Waals surface area contributed by atoms with Gasteiger partial charge in [-0.25, -0.2) is 0 Å². The minimum Gasteiger partial charge on any atom is -0.479 e. The lowest BCUT2D eigenvalue weighted by atomic mass is 10.2. The minimum atomic E-state index is -0.581. The number of nitrogens with zero attached hydrogens (tertiary/aromatic N) is 1. The number of carbonyl (C=O) groups excluding carboxylic acids is 1. The van der Waals surface area contributed by atoms with E-state index >= 15 is 0 Å². The molecule has 0 atom stereocenters. The molecule has 1 fully saturated rings. The number of nitro benzene ring substituents is 1. The number of hydrogen-bond acceptors (Lipinski definition) is 4. The molecule has 0 unspecified atom stereocenters. The van der Waals surface area contributed by atoms with Gasteiger partial charge in [0.05, 0.1) is 4.92 Å². The van der Waals surface area contributed by atoms with E-state index in [-0.39, 0.29) is 34.8 Å². The summed E-state index contributed by atoms with van der Waals surface area (Å²) in [6.07, 6.45) is 1.79. The summed E-state index contributed by atoms with van der Waals surface area (Å²) in [6, 6.07) is 4.10. The summed E-state index contributed by atoms with van der Waals surface area (Å²) < 4.78 is 5.17. The van der Waals surface area contributed by atoms with Crippen LogP contribution in [0, 0.1) is 16.0 Å². The average Bonchev–Trinajstić information content (AvgIpc) is 3.10. The Labute approximate surface area is 102 Å². The number of hydrogen-bond donors (Lipinski definition) is 0. The van der Waals surface area contributed by atoms with Crippen molar-refractivity contribution in [3.63, 3.8) is 0 Å². The summed E-state index contributed by atoms with van der Waals surface area (Å²) >= 11 is 5.66. The van der Waals surface area contributed by atoms with Crippen molar-refractivity contribution in [2.45, 2.75) is 12.8 Å². The quantitative estimate of drug-likeness (QED) is 0.599. The van der Waals surface area contributed by atoms with Gasteiger partial charge in [-0.3, -0.25) is 14.9 Å². The van der Waals surface area contributed by atoms with Crippen LogP contribution in [0.1, 0.15) is 12.8 Å². The van der Waals surface area contributed by atoms with Gasteiger partial charge in [-0.15, -0.1) is 0 Å². The number of ether oxygens (including phenoxy) is 1. The highest BCUT2D eigenvalue weighted by atomic mass is 35.5. The maximum Gasteiger partial charge on any atom is 0.312 e. The molecule has 0 radical (unpaired) electrons. The molecular weight excluding hydrogens is 246 g/mol. The van der Waals surface area contributed by atoms with Crippen LogP contribution in [-0.4, -0.2) is 17.3 Å². The third-order valence-corrected chi connectivity index (χ3v) is 2.76. The summed E-state index contributed by atoms with van der Waals surface area (Å²) in [5, 5.41) is 11.0. The number of nitro groups is 1. The fraction of sp³-hybridized carbons (Fsp3) is 0.364. The van der Waals surface area contributed by atoms with Crippen LogP contribution in [0.2, 0.25) is 5.02 Å². The second-order valence-electron chi connectivity index (χ2n) is 3.90. The van der Waals surface area contributed by atoms with Crippen molar-refractivity contribution in [3.05, 3.63) is 33.3 Å². The van der Waals surface area contributed by atoms with Crippen LogP contribution in [0.3, 0.4) is 0 Å². The molecule has 0 N–H and O–H groups in total. The smallest absolute Gasteiger partial charge is 0.312 e. The Balaban J connectivity index is 2.08. The zero-order chi connectivity index (χ0) is 12.4. The van der Waals surface area contributed by atoms with Crippen molar-refractivity contribution in [1.82, 2.24) is 0 Å². The third-order valence-electron chi connectivity index (χ3n) is 2.52. The van der Waals surface area contributed by atoms with Gasteiger partial charge in [-0.2, -0.15) is 0 Å². The summed E-state index contributed by atoms with van der Waals surface area (Å²) in [6.45, 7) is -0.118. The molecule has 0 aliphatic heterocycles. The molecule has 0 bridgehead atoms. The Kier molecular flexibility index (Phi) is 3.28. The van der Waals surface area contributed by atoms with E-state index in [1.165, 1.54) is 18.2 Å². The van der Waals surface area contributed by atoms with Gasteiger partial charge in [0.25, 0.3) is 0 Å². The van der Waals surface area contributed by atoms with Crippen molar-refractivity contribution in [2.24, 2.45) is 5.92 Å². The van der Waals surface area contributed by atoms with Gasteiger partial charge in [0.15, 0.2) is 11.5 Å². The normalized spacial score (nSPS) is 14.4. The molecule has 0 amide bonds. The number of benzene rings is 1. The molecule has 5 nitrogen and oxygen atoms in total. The fourth-order valence-electron chi connectivity index (χ4n) is 1.43. The molecule has 0 spiro atoms. The van der Waals surface area contributed by atoms with E-state index in [9.17, 15) is 14.9 Å². The number of halogens is 1. The second kappa shape index (κ2) is 4.71. The molecule has 1 aromatic carbocycles. The molecule has 2 rings (SSSR count). The third kappa shape index (κ3) is 2.94. The van der Waals surface area contributed by atoms with Gasteiger partial charge in [-0.05, 0) is 25.0 Å². The topological polar surface area (TPSA) is 69.4 Å². The zero-order valence-electron chi connectivity index (χ0n) is 8.89. The van der Waals surface area contributed by atoms with E-state index in [1.54, 1.807) is 0 Å². The van der Waals surface area contributed by atoms with E-state index in [0.29, 0.717) is 0 Å². The second-order valence-corrected chi connectivity index (χ2v) is 4.33. The van der Waals surface area contributed by atoms with Gasteiger partial charge in [0.2, 0.25) is 0 Å². The highest BCUT2D eigenvalue weighted by Crippen LogP contribution is 2.32. The van der Waals surface area contributed by atoms with Crippen LogP contribution in [-0.2, 0) is 4.79 Å². The number of rotatable bonds is 5. The predicted molar refractivity (Wildman–Crippen MR) is 61.3 cm³/mol. The molecule has 1 aromatic rings. The molecule has 1 saturated carbocycles. The highest BCUT2D eigenvalue weighted by Gasteiger charge is 2.30. The first-order valence-corrected chi connectivity index (χ1v) is 5.55. The molecule has 0 heterocycles. The van der Waals surface area contributed by atoms with Crippen LogP contribution in [0.15, 0.2) is 18.2 Å². The monoisotopic (exact) mass is 255 g/mol. The standard InChI is InChI=1S/C11H10ClNO4/c12-8-3-4-11(9(5-8)13(15)16)17-6-10(14)7-1-2-7/h3-5,7H,1-2,6H2. The van der Waals surface area contributed by atoms with Crippen LogP contribution in [0.5, 0.6) is 5.75 Å². The van der Waals surface area contributed by atoms with E-state index in [1.807, 2.05) is 0 Å². The summed E-state index contributed by atoms with van der Waals surface area (Å²) in [7, 11) is 0. The maximum absolute atomic E-state index is 11.4. The SMILES string of the molecule is O=C(COc1ccc(Cl)cc1[N+](=O)[O-])C1CC1. The molecule has 1 aliphatic carbocycles. The Morgan fingerprint density at radius 3 is 2.82 bits per heavy atom. The van der Waals surface area contributed by atoms with Gasteiger partial charge in [-0.1, -0.05) is 11.6 Å². The van der Waals surface area contributed by atoms with Crippen molar-refractivity contribution in [3.8, 4) is 5.75 Å².